The van der Waals surface area contributed by atoms with Gasteiger partial charge in [-0.15, -0.1) is 0 Å². The van der Waals surface area contributed by atoms with Crippen LogP contribution in [0.5, 0.6) is 0 Å². The summed E-state index contributed by atoms with van der Waals surface area (Å²) in [5, 5.41) is 12.2. The minimum atomic E-state index is -0.722. The van der Waals surface area contributed by atoms with Crippen LogP contribution in [0.2, 0.25) is 0 Å². The molecule has 7 heteroatoms. The molecule has 0 bridgehead atoms. The number of carbonyl (C=O) groups excluding carboxylic acids is 2. The number of hydrogen-bond donors (Lipinski definition) is 2. The molecule has 0 aliphatic carbocycles. The molecule has 1 fully saturated rings. The van der Waals surface area contributed by atoms with Gasteiger partial charge in [-0.05, 0) is 20.8 Å². The summed E-state index contributed by atoms with van der Waals surface area (Å²) in [7, 11) is 1.45. The number of hydrogen-bond acceptors (Lipinski definition) is 5. The molecule has 1 saturated heterocycles. The van der Waals surface area contributed by atoms with Crippen LogP contribution in [-0.2, 0) is 14.3 Å². The summed E-state index contributed by atoms with van der Waals surface area (Å²) in [6.45, 7) is 5.40. The molecule has 0 unspecified atom stereocenters. The number of likely N-dealkylation sites (tertiary alicyclic amines) is 1. The number of nitrogens with zero attached hydrogens (tertiary/aromatic N) is 1. The van der Waals surface area contributed by atoms with Crippen molar-refractivity contribution < 1.29 is 24.2 Å². The van der Waals surface area contributed by atoms with Crippen LogP contribution in [0.1, 0.15) is 27.2 Å². The Morgan fingerprint density at radius 2 is 2.05 bits per heavy atom. The summed E-state index contributed by atoms with van der Waals surface area (Å²) in [6, 6.07) is -0.722. The summed E-state index contributed by atoms with van der Waals surface area (Å²) >= 11 is 0. The molecule has 2 amide bonds. The van der Waals surface area contributed by atoms with E-state index in [9.17, 15) is 14.7 Å². The third-order valence-corrected chi connectivity index (χ3v) is 2.60. The second-order valence-electron chi connectivity index (χ2n) is 5.51. The van der Waals surface area contributed by atoms with Crippen molar-refractivity contribution >= 4 is 12.0 Å². The number of aliphatic hydroxyl groups excluding tert-OH is 1. The summed E-state index contributed by atoms with van der Waals surface area (Å²) < 4.78 is 9.97. The van der Waals surface area contributed by atoms with Crippen LogP contribution in [0.15, 0.2) is 0 Å². The first-order chi connectivity index (χ1) is 8.74. The quantitative estimate of drug-likeness (QED) is 0.711. The van der Waals surface area contributed by atoms with Crippen molar-refractivity contribution in [3.8, 4) is 0 Å². The van der Waals surface area contributed by atoms with Crippen molar-refractivity contribution in [2.45, 2.75) is 44.9 Å². The predicted octanol–water partition coefficient (Wildman–Crippen LogP) is 0.0768. The Bertz CT molecular complexity index is 340. The van der Waals surface area contributed by atoms with Gasteiger partial charge in [-0.2, -0.15) is 0 Å². The zero-order valence-electron chi connectivity index (χ0n) is 11.8. The van der Waals surface area contributed by atoms with Gasteiger partial charge < -0.3 is 19.9 Å². The number of nitrogens with one attached hydrogen (secondary N) is 1. The minimum Gasteiger partial charge on any atom is -0.444 e. The molecule has 1 aliphatic heterocycles. The van der Waals surface area contributed by atoms with Gasteiger partial charge in [0.25, 0.3) is 0 Å². The third kappa shape index (κ3) is 4.68. The Kier molecular flexibility index (Phi) is 5.13. The van der Waals surface area contributed by atoms with E-state index in [1.54, 1.807) is 20.8 Å². The molecule has 110 valence electrons. The van der Waals surface area contributed by atoms with Crippen LogP contribution in [0.4, 0.5) is 4.79 Å². The first-order valence-corrected chi connectivity index (χ1v) is 6.19. The van der Waals surface area contributed by atoms with E-state index in [-0.39, 0.29) is 25.6 Å². The maximum absolute atomic E-state index is 12.0. The van der Waals surface area contributed by atoms with Gasteiger partial charge in [0.15, 0.2) is 0 Å². The first kappa shape index (κ1) is 15.7. The molecule has 0 aromatic carbocycles. The predicted molar refractivity (Wildman–Crippen MR) is 67.4 cm³/mol. The molecule has 7 nitrogen and oxygen atoms in total. The number of ether oxygens (including phenoxy) is 2. The van der Waals surface area contributed by atoms with Gasteiger partial charge in [0.05, 0.1) is 12.6 Å². The Labute approximate surface area is 112 Å². The number of β-amino-alcohol motifs (C(OH)–C–C–N with tert-alkyl or cyclic N) is 1. The van der Waals surface area contributed by atoms with E-state index in [1.165, 1.54) is 12.0 Å². The molecule has 2 N–H and O–H groups in total. The normalized spacial score (nSPS) is 23.3. The van der Waals surface area contributed by atoms with Gasteiger partial charge in [0.2, 0.25) is 5.91 Å². The fourth-order valence-electron chi connectivity index (χ4n) is 1.85. The third-order valence-electron chi connectivity index (χ3n) is 2.60. The van der Waals surface area contributed by atoms with Crippen molar-refractivity contribution in [2.24, 2.45) is 0 Å². The average molecular weight is 274 g/mol. The molecule has 1 rings (SSSR count). The molecule has 19 heavy (non-hydrogen) atoms. The lowest BCUT2D eigenvalue weighted by Crippen LogP contribution is -2.47. The number of carbonyl (C=O) groups is 2. The van der Waals surface area contributed by atoms with Crippen LogP contribution in [0.3, 0.4) is 0 Å². The second kappa shape index (κ2) is 6.21. The van der Waals surface area contributed by atoms with Crippen LogP contribution >= 0.6 is 0 Å². The van der Waals surface area contributed by atoms with E-state index < -0.39 is 23.8 Å². The maximum Gasteiger partial charge on any atom is 0.411 e. The van der Waals surface area contributed by atoms with Gasteiger partial charge in [-0.1, -0.05) is 0 Å². The van der Waals surface area contributed by atoms with Crippen LogP contribution in [0, 0.1) is 0 Å². The van der Waals surface area contributed by atoms with E-state index >= 15 is 0 Å². The molecule has 0 spiro atoms. The molecule has 0 aromatic rings. The average Bonchev–Trinajstić information content (AvgIpc) is 2.66. The SMILES string of the molecule is COCNC(=O)[C@@H]1C[C@@H](O)CN1C(=O)OC(C)(C)C. The van der Waals surface area contributed by atoms with Crippen molar-refractivity contribution in [1.82, 2.24) is 10.2 Å². The lowest BCUT2D eigenvalue weighted by molar-refractivity contribution is -0.127. The molecule has 1 aliphatic rings. The van der Waals surface area contributed by atoms with Gasteiger partial charge in [0, 0.05) is 13.5 Å². The largest absolute Gasteiger partial charge is 0.444 e. The summed E-state index contributed by atoms with van der Waals surface area (Å²) in [5.74, 6) is -0.357. The summed E-state index contributed by atoms with van der Waals surface area (Å²) in [4.78, 5) is 25.1. The highest BCUT2D eigenvalue weighted by atomic mass is 16.6. The van der Waals surface area contributed by atoms with Crippen molar-refractivity contribution in [3.05, 3.63) is 0 Å². The van der Waals surface area contributed by atoms with E-state index in [2.05, 4.69) is 5.32 Å². The minimum absolute atomic E-state index is 0.0631. The fraction of sp³-hybridized carbons (Fsp3) is 0.833. The molecular formula is C12H22N2O5. The van der Waals surface area contributed by atoms with Crippen molar-refractivity contribution in [3.63, 3.8) is 0 Å². The molecule has 0 aromatic heterocycles. The Morgan fingerprint density at radius 1 is 1.42 bits per heavy atom. The molecule has 0 saturated carbocycles. The molecule has 1 heterocycles. The van der Waals surface area contributed by atoms with E-state index in [4.69, 9.17) is 9.47 Å². The van der Waals surface area contributed by atoms with E-state index in [1.807, 2.05) is 0 Å². The van der Waals surface area contributed by atoms with Crippen LogP contribution in [-0.4, -0.2) is 60.1 Å². The number of aliphatic hydroxyl groups is 1. The first-order valence-electron chi connectivity index (χ1n) is 6.19. The van der Waals surface area contributed by atoms with Gasteiger partial charge in [-0.25, -0.2) is 4.79 Å². The zero-order chi connectivity index (χ0) is 14.6. The highest BCUT2D eigenvalue weighted by molar-refractivity contribution is 5.86. The highest BCUT2D eigenvalue weighted by Gasteiger charge is 2.40. The Balaban J connectivity index is 2.68. The highest BCUT2D eigenvalue weighted by Crippen LogP contribution is 2.21. The zero-order valence-corrected chi connectivity index (χ0v) is 11.8. The summed E-state index contributed by atoms with van der Waals surface area (Å²) in [6.07, 6.45) is -1.11. The van der Waals surface area contributed by atoms with Crippen LogP contribution in [0.25, 0.3) is 0 Å². The summed E-state index contributed by atoms with van der Waals surface area (Å²) in [5.41, 5.74) is -0.641. The van der Waals surface area contributed by atoms with E-state index in [0.29, 0.717) is 0 Å². The Morgan fingerprint density at radius 3 is 2.58 bits per heavy atom. The van der Waals surface area contributed by atoms with E-state index in [0.717, 1.165) is 0 Å². The van der Waals surface area contributed by atoms with Gasteiger partial charge >= 0.3 is 6.09 Å². The molecule has 0 radical (unpaired) electrons. The fourth-order valence-corrected chi connectivity index (χ4v) is 1.85. The lowest BCUT2D eigenvalue weighted by Gasteiger charge is -2.27. The molecule has 2 atom stereocenters. The number of rotatable bonds is 3. The lowest BCUT2D eigenvalue weighted by atomic mass is 10.2. The number of amides is 2. The standard InChI is InChI=1S/C12H22N2O5/c1-12(2,3)19-11(17)14-6-8(15)5-9(14)10(16)13-7-18-4/h8-9,15H,5-7H2,1-4H3,(H,13,16)/t8-,9+/m1/s1. The monoisotopic (exact) mass is 274 g/mol. The topological polar surface area (TPSA) is 88.1 Å². The van der Waals surface area contributed by atoms with Gasteiger partial charge in [-0.3, -0.25) is 9.69 Å². The van der Waals surface area contributed by atoms with Crippen molar-refractivity contribution in [2.75, 3.05) is 20.4 Å². The molecular weight excluding hydrogens is 252 g/mol. The van der Waals surface area contributed by atoms with Crippen LogP contribution < -0.4 is 5.32 Å². The number of methoxy groups -OCH3 is 1. The second-order valence-corrected chi connectivity index (χ2v) is 5.51. The smallest absolute Gasteiger partial charge is 0.411 e. The maximum atomic E-state index is 12.0. The van der Waals surface area contributed by atoms with Crippen molar-refractivity contribution in [1.29, 1.82) is 0 Å². The Hall–Kier alpha value is -1.34. The van der Waals surface area contributed by atoms with Gasteiger partial charge in [0.1, 0.15) is 18.4 Å².